The van der Waals surface area contributed by atoms with Gasteiger partial charge in [-0.2, -0.15) is 0 Å². The van der Waals surface area contributed by atoms with Crippen LogP contribution in [0.15, 0.2) is 109 Å². The van der Waals surface area contributed by atoms with Crippen LogP contribution in [0.5, 0.6) is 0 Å². The lowest BCUT2D eigenvalue weighted by atomic mass is 9.56. The number of nitrogens with one attached hydrogen (secondary N) is 1. The first kappa shape index (κ1) is 48.1. The van der Waals surface area contributed by atoms with Crippen molar-refractivity contribution >= 4 is 78.2 Å². The maximum atomic E-state index is 4.24. The van der Waals surface area contributed by atoms with Crippen LogP contribution < -0.4 is 21.1 Å². The predicted octanol–water partition coefficient (Wildman–Crippen LogP) is 18.6. The number of fused-ring (bicyclic) bond motifs is 12. The summed E-state index contributed by atoms with van der Waals surface area (Å²) in [5.74, 6) is 0. The highest BCUT2D eigenvalue weighted by Crippen LogP contribution is 2.57. The Hall–Kier alpha value is -5.58. The minimum Gasteiger partial charge on any atom is -0.355 e. The van der Waals surface area contributed by atoms with Gasteiger partial charge >= 0.3 is 0 Å². The quantitative estimate of drug-likeness (QED) is 0.177. The van der Waals surface area contributed by atoms with Gasteiger partial charge in [0.25, 0.3) is 0 Å². The van der Waals surface area contributed by atoms with Crippen LogP contribution in [-0.2, 0) is 37.9 Å². The van der Waals surface area contributed by atoms with Crippen molar-refractivity contribution in [3.8, 4) is 22.3 Å². The predicted molar refractivity (Wildman–Crippen MR) is 322 cm³/mol. The average Bonchev–Trinajstić information content (AvgIpc) is 3.83. The molecule has 13 rings (SSSR count). The molecule has 0 atom stereocenters. The van der Waals surface area contributed by atoms with E-state index in [1.54, 1.807) is 0 Å². The number of aryl methyl sites for hydroxylation is 1. The molecule has 0 spiro atoms. The topological polar surface area (TPSA) is 15.3 Å². The Morgan fingerprint density at radius 2 is 1.01 bits per heavy atom. The number of thiophene rings is 1. The van der Waals surface area contributed by atoms with Gasteiger partial charge in [0.1, 0.15) is 0 Å². The molecule has 8 aromatic rings. The fraction of sp³-hybridized carbons (Fsp3) is 0.400. The van der Waals surface area contributed by atoms with E-state index in [0.717, 1.165) is 12.8 Å². The highest BCUT2D eigenvalue weighted by Gasteiger charge is 2.44. The Balaban J connectivity index is 1.14. The summed E-state index contributed by atoms with van der Waals surface area (Å²) in [6.07, 6.45) is 7.06. The second-order valence-corrected chi connectivity index (χ2v) is 29.1. The maximum absolute atomic E-state index is 4.24. The molecule has 0 bridgehead atoms. The molecule has 0 saturated heterocycles. The van der Waals surface area contributed by atoms with Gasteiger partial charge in [0, 0.05) is 49.2 Å². The van der Waals surface area contributed by atoms with E-state index < -0.39 is 0 Å². The summed E-state index contributed by atoms with van der Waals surface area (Å²) < 4.78 is 2.67. The Labute approximate surface area is 447 Å². The number of benzene rings is 7. The lowest BCUT2D eigenvalue weighted by Crippen LogP contribution is -2.42. The lowest BCUT2D eigenvalue weighted by Gasteiger charge is -2.44. The second kappa shape index (κ2) is 15.5. The summed E-state index contributed by atoms with van der Waals surface area (Å²) in [4.78, 5) is 2.75. The lowest BCUT2D eigenvalue weighted by molar-refractivity contribution is 0.332. The summed E-state index contributed by atoms with van der Waals surface area (Å²) in [7, 11) is 2.60. The normalized spacial score (nSPS) is 20.3. The maximum Gasteiger partial charge on any atom is 0.197 e. The summed E-state index contributed by atoms with van der Waals surface area (Å²) in [6, 6.07) is 43.9. The van der Waals surface area contributed by atoms with Crippen molar-refractivity contribution in [3.05, 3.63) is 159 Å². The van der Waals surface area contributed by atoms with Crippen molar-refractivity contribution < 1.29 is 0 Å². The molecule has 0 unspecified atom stereocenters. The third kappa shape index (κ3) is 6.94. The minimum atomic E-state index is -0.137. The van der Waals surface area contributed by atoms with Gasteiger partial charge in [-0.05, 0) is 199 Å². The molecule has 7 aromatic carbocycles. The van der Waals surface area contributed by atoms with Crippen molar-refractivity contribution in [3.63, 3.8) is 0 Å². The van der Waals surface area contributed by atoms with Crippen LogP contribution >= 0.6 is 11.3 Å². The van der Waals surface area contributed by atoms with Gasteiger partial charge in [-0.1, -0.05) is 163 Å². The van der Waals surface area contributed by atoms with Crippen LogP contribution in [-0.4, -0.2) is 7.28 Å². The molecule has 2 nitrogen and oxygen atoms in total. The van der Waals surface area contributed by atoms with Crippen LogP contribution in [0.3, 0.4) is 0 Å². The third-order valence-electron chi connectivity index (χ3n) is 20.0. The molecule has 0 saturated carbocycles. The Morgan fingerprint density at radius 3 is 1.69 bits per heavy atom. The largest absolute Gasteiger partial charge is 0.355 e. The van der Waals surface area contributed by atoms with Crippen LogP contribution in [0.4, 0.5) is 28.4 Å². The minimum absolute atomic E-state index is 0.0170. The van der Waals surface area contributed by atoms with E-state index in [1.807, 2.05) is 11.3 Å². The van der Waals surface area contributed by atoms with Gasteiger partial charge in [-0.3, -0.25) is 0 Å². The molecule has 74 heavy (non-hydrogen) atoms. The molecule has 2 heterocycles. The zero-order chi connectivity index (χ0) is 52.0. The SMILES string of the molecule is Cc1cc2c(cc1N1c3cc4c(cc3[B]c3c(-c5cc6c(cc5Nc5ccc7c(c5)C(C)(C)CCC7(C)C)C(C)(C)CCC6(C)C)cc5c(sc6ccccc65)c31)C(C)(C)c1ccccc1-4)C(C)(C)CCC2(C)C. The van der Waals surface area contributed by atoms with Gasteiger partial charge in [0.2, 0.25) is 0 Å². The van der Waals surface area contributed by atoms with Crippen molar-refractivity contribution in [2.45, 2.75) is 180 Å². The number of anilines is 5. The van der Waals surface area contributed by atoms with Crippen molar-refractivity contribution in [2.75, 3.05) is 10.2 Å². The van der Waals surface area contributed by atoms with E-state index in [9.17, 15) is 0 Å². The second-order valence-electron chi connectivity index (χ2n) is 28.1. The first-order chi connectivity index (χ1) is 34.8. The first-order valence-electron chi connectivity index (χ1n) is 28.0. The fourth-order valence-corrected chi connectivity index (χ4v) is 16.0. The molecule has 1 aromatic heterocycles. The molecule has 4 heteroatoms. The monoisotopic (exact) mass is 988 g/mol. The van der Waals surface area contributed by atoms with Crippen LogP contribution in [0.2, 0.25) is 0 Å². The Bertz CT molecular complexity index is 3740. The molecular weight excluding hydrogens is 912 g/mol. The highest BCUT2D eigenvalue weighted by molar-refractivity contribution is 7.26. The van der Waals surface area contributed by atoms with Crippen LogP contribution in [0, 0.1) is 6.92 Å². The van der Waals surface area contributed by atoms with Gasteiger partial charge < -0.3 is 10.2 Å². The standard InChI is InChI=1S/C70H76BN2S/c1-40-32-51-55(69(12,13)31-28-65(51,4)5)39-58(40)73-59-36-44-42-20-16-18-22-48(42)70(14,15)50(44)37-56(59)71-61-46(34-47-43-21-17-19-23-60(43)74-63(47)62(61)73)45-35-53-54(68(10,11)30-29-67(53,8)9)38-57(45)72-41-24-25-49-52(33-41)66(6,7)27-26-64(49,2)3/h16-25,32-39,72H,26-31H2,1-15H3. The van der Waals surface area contributed by atoms with Gasteiger partial charge in [0.15, 0.2) is 7.28 Å². The molecular formula is C70H76BN2S. The van der Waals surface area contributed by atoms with Crippen molar-refractivity contribution in [2.24, 2.45) is 0 Å². The fourth-order valence-electron chi connectivity index (χ4n) is 14.7. The summed E-state index contributed by atoms with van der Waals surface area (Å²) in [6.45, 7) is 36.9. The van der Waals surface area contributed by atoms with Crippen LogP contribution in [0.25, 0.3) is 42.4 Å². The number of hydrogen-bond donors (Lipinski definition) is 1. The van der Waals surface area contributed by atoms with E-state index in [-0.39, 0.29) is 37.9 Å². The Morgan fingerprint density at radius 1 is 0.446 bits per heavy atom. The van der Waals surface area contributed by atoms with E-state index in [2.05, 4.69) is 231 Å². The van der Waals surface area contributed by atoms with Gasteiger partial charge in [0.05, 0.1) is 10.4 Å². The number of hydrogen-bond acceptors (Lipinski definition) is 3. The first-order valence-corrected chi connectivity index (χ1v) is 28.8. The smallest absolute Gasteiger partial charge is 0.197 e. The molecule has 1 aliphatic heterocycles. The third-order valence-corrected chi connectivity index (χ3v) is 21.2. The summed E-state index contributed by atoms with van der Waals surface area (Å²) in [5, 5.41) is 6.89. The van der Waals surface area contributed by atoms with Crippen molar-refractivity contribution in [1.29, 1.82) is 0 Å². The molecule has 0 amide bonds. The average molecular weight is 988 g/mol. The zero-order valence-corrected chi connectivity index (χ0v) is 47.9. The van der Waals surface area contributed by atoms with Gasteiger partial charge in [-0.15, -0.1) is 11.3 Å². The molecule has 0 fully saturated rings. The number of rotatable bonds is 4. The van der Waals surface area contributed by atoms with Crippen LogP contribution in [0.1, 0.15) is 186 Å². The van der Waals surface area contributed by atoms with E-state index in [0.29, 0.717) is 0 Å². The molecule has 5 aliphatic rings. The molecule has 375 valence electrons. The zero-order valence-electron chi connectivity index (χ0n) is 47.1. The molecule has 4 aliphatic carbocycles. The molecule has 1 N–H and O–H groups in total. The van der Waals surface area contributed by atoms with Crippen molar-refractivity contribution in [1.82, 2.24) is 0 Å². The molecule has 1 radical (unpaired) electrons. The van der Waals surface area contributed by atoms with E-state index in [4.69, 9.17) is 0 Å². The van der Waals surface area contributed by atoms with E-state index >= 15 is 0 Å². The summed E-state index contributed by atoms with van der Waals surface area (Å²) in [5.41, 5.74) is 27.4. The van der Waals surface area contributed by atoms with Gasteiger partial charge in [-0.25, -0.2) is 0 Å². The number of nitrogens with zero attached hydrogens (tertiary/aromatic N) is 1. The highest BCUT2D eigenvalue weighted by atomic mass is 32.1. The van der Waals surface area contributed by atoms with E-state index in [1.165, 1.54) is 158 Å². The summed E-state index contributed by atoms with van der Waals surface area (Å²) >= 11 is 1.97. The Kier molecular flexibility index (Phi) is 10.1.